The summed E-state index contributed by atoms with van der Waals surface area (Å²) in [6, 6.07) is 12.8. The fourth-order valence-corrected chi connectivity index (χ4v) is 2.67. The first kappa shape index (κ1) is 14.7. The third kappa shape index (κ3) is 2.88. The van der Waals surface area contributed by atoms with E-state index in [9.17, 15) is 4.79 Å². The quantitative estimate of drug-likeness (QED) is 0.843. The molecule has 0 fully saturated rings. The molecule has 0 aliphatic carbocycles. The first-order chi connectivity index (χ1) is 10.5. The number of carbonyl (C=O) groups is 1. The highest BCUT2D eigenvalue weighted by atomic mass is 35.5. The molecule has 0 saturated heterocycles. The van der Waals surface area contributed by atoms with Gasteiger partial charge in [-0.15, -0.1) is 0 Å². The number of aryl methyl sites for hydroxylation is 1. The summed E-state index contributed by atoms with van der Waals surface area (Å²) in [5.74, 6) is 0.721. The van der Waals surface area contributed by atoms with Crippen LogP contribution in [-0.2, 0) is 0 Å². The van der Waals surface area contributed by atoms with Crippen molar-refractivity contribution in [1.29, 1.82) is 0 Å². The molecule has 1 aliphatic heterocycles. The maximum atomic E-state index is 12.6. The van der Waals surface area contributed by atoms with Crippen LogP contribution < -0.4 is 15.0 Å². The molecule has 1 aliphatic rings. The van der Waals surface area contributed by atoms with E-state index >= 15 is 0 Å². The Morgan fingerprint density at radius 1 is 1.32 bits per heavy atom. The number of hydrogen-bond donors (Lipinski definition) is 1. The molecule has 1 N–H and O–H groups in total. The highest BCUT2D eigenvalue weighted by molar-refractivity contribution is 6.33. The average Bonchev–Trinajstić information content (AvgIpc) is 2.49. The van der Waals surface area contributed by atoms with Gasteiger partial charge in [-0.1, -0.05) is 29.8 Å². The lowest BCUT2D eigenvalue weighted by Crippen LogP contribution is -2.44. The van der Waals surface area contributed by atoms with Gasteiger partial charge >= 0.3 is 6.03 Å². The van der Waals surface area contributed by atoms with Crippen LogP contribution in [0.2, 0.25) is 5.02 Å². The van der Waals surface area contributed by atoms with E-state index < -0.39 is 0 Å². The summed E-state index contributed by atoms with van der Waals surface area (Å²) in [6.45, 7) is 4.42. The van der Waals surface area contributed by atoms with E-state index in [1.807, 2.05) is 44.2 Å². The van der Waals surface area contributed by atoms with Crippen molar-refractivity contribution >= 4 is 29.0 Å². The molecule has 2 aromatic carbocycles. The van der Waals surface area contributed by atoms with Crippen LogP contribution in [0.1, 0.15) is 12.5 Å². The Bertz CT molecular complexity index is 718. The van der Waals surface area contributed by atoms with Gasteiger partial charge in [-0.25, -0.2) is 4.79 Å². The van der Waals surface area contributed by atoms with Gasteiger partial charge in [0.05, 0.1) is 22.9 Å². The fraction of sp³-hybridized carbons (Fsp3) is 0.235. The van der Waals surface area contributed by atoms with Gasteiger partial charge in [0.2, 0.25) is 0 Å². The van der Waals surface area contributed by atoms with Gasteiger partial charge in [0.25, 0.3) is 0 Å². The van der Waals surface area contributed by atoms with E-state index in [1.165, 1.54) is 0 Å². The van der Waals surface area contributed by atoms with Crippen LogP contribution in [0.25, 0.3) is 0 Å². The van der Waals surface area contributed by atoms with Crippen molar-refractivity contribution in [2.24, 2.45) is 0 Å². The third-order valence-corrected chi connectivity index (χ3v) is 3.86. The number of nitrogens with zero attached hydrogens (tertiary/aromatic N) is 1. The molecule has 2 amide bonds. The van der Waals surface area contributed by atoms with Crippen molar-refractivity contribution in [2.75, 3.05) is 16.8 Å². The number of hydrogen-bond acceptors (Lipinski definition) is 2. The molecule has 22 heavy (non-hydrogen) atoms. The Morgan fingerprint density at radius 3 is 2.86 bits per heavy atom. The summed E-state index contributed by atoms with van der Waals surface area (Å²) in [6.07, 6.45) is -0.0628. The normalized spacial score (nSPS) is 16.7. The highest BCUT2D eigenvalue weighted by Gasteiger charge is 2.28. The fourth-order valence-electron chi connectivity index (χ4n) is 2.49. The molecule has 114 valence electrons. The average molecular weight is 317 g/mol. The molecule has 2 aromatic rings. The van der Waals surface area contributed by atoms with Crippen LogP contribution in [-0.4, -0.2) is 18.7 Å². The van der Waals surface area contributed by atoms with Gasteiger partial charge in [0.1, 0.15) is 11.9 Å². The molecule has 5 heteroatoms. The van der Waals surface area contributed by atoms with E-state index in [0.29, 0.717) is 17.3 Å². The van der Waals surface area contributed by atoms with E-state index in [-0.39, 0.29) is 12.1 Å². The number of fused-ring (bicyclic) bond motifs is 1. The lowest BCUT2D eigenvalue weighted by Gasteiger charge is -2.33. The number of para-hydroxylation sites is 1. The van der Waals surface area contributed by atoms with Crippen LogP contribution in [0.3, 0.4) is 0 Å². The van der Waals surface area contributed by atoms with E-state index in [2.05, 4.69) is 5.32 Å². The number of amides is 2. The Labute approximate surface area is 134 Å². The standard InChI is InChI=1S/C17H17ClN2O2/c1-11-7-8-16-15(9-11)20(10-12(2)22-16)17(21)19-14-6-4-3-5-13(14)18/h3-9,12H,10H2,1-2H3,(H,19,21)/t12-/m1/s1. The maximum absolute atomic E-state index is 12.6. The first-order valence-electron chi connectivity index (χ1n) is 7.15. The van der Waals surface area contributed by atoms with Crippen LogP contribution in [0.15, 0.2) is 42.5 Å². The molecular formula is C17H17ClN2O2. The van der Waals surface area contributed by atoms with Crippen LogP contribution in [0, 0.1) is 6.92 Å². The molecule has 0 unspecified atom stereocenters. The van der Waals surface area contributed by atoms with Crippen molar-refractivity contribution in [3.05, 3.63) is 53.1 Å². The Kier molecular flexibility index (Phi) is 3.94. The Balaban J connectivity index is 1.90. The van der Waals surface area contributed by atoms with E-state index in [1.54, 1.807) is 17.0 Å². The number of benzene rings is 2. The van der Waals surface area contributed by atoms with Crippen molar-refractivity contribution in [3.8, 4) is 5.75 Å². The minimum absolute atomic E-state index is 0.0628. The van der Waals surface area contributed by atoms with Gasteiger partial charge in [0.15, 0.2) is 0 Å². The maximum Gasteiger partial charge on any atom is 0.326 e. The van der Waals surface area contributed by atoms with Crippen molar-refractivity contribution in [3.63, 3.8) is 0 Å². The summed E-state index contributed by atoms with van der Waals surface area (Å²) in [7, 11) is 0. The second kappa shape index (κ2) is 5.89. The summed E-state index contributed by atoms with van der Waals surface area (Å²) < 4.78 is 5.79. The summed E-state index contributed by atoms with van der Waals surface area (Å²) in [5, 5.41) is 3.38. The van der Waals surface area contributed by atoms with Gasteiger partial charge in [-0.2, -0.15) is 0 Å². The molecule has 0 spiro atoms. The van der Waals surface area contributed by atoms with Crippen molar-refractivity contribution in [1.82, 2.24) is 0 Å². The summed E-state index contributed by atoms with van der Waals surface area (Å²) >= 11 is 6.10. The van der Waals surface area contributed by atoms with Crippen molar-refractivity contribution < 1.29 is 9.53 Å². The first-order valence-corrected chi connectivity index (χ1v) is 7.53. The summed E-state index contributed by atoms with van der Waals surface area (Å²) in [4.78, 5) is 14.3. The highest BCUT2D eigenvalue weighted by Crippen LogP contribution is 2.34. The predicted molar refractivity (Wildman–Crippen MR) is 89.1 cm³/mol. The number of urea groups is 1. The molecular weight excluding hydrogens is 300 g/mol. The van der Waals surface area contributed by atoms with E-state index in [4.69, 9.17) is 16.3 Å². The number of carbonyl (C=O) groups excluding carboxylic acids is 1. The monoisotopic (exact) mass is 316 g/mol. The molecule has 0 saturated carbocycles. The zero-order valence-electron chi connectivity index (χ0n) is 12.5. The Morgan fingerprint density at radius 2 is 2.09 bits per heavy atom. The van der Waals surface area contributed by atoms with Gasteiger partial charge in [-0.05, 0) is 43.7 Å². The minimum atomic E-state index is -0.213. The third-order valence-electron chi connectivity index (χ3n) is 3.53. The second-order valence-electron chi connectivity index (χ2n) is 5.42. The van der Waals surface area contributed by atoms with Crippen LogP contribution in [0.5, 0.6) is 5.75 Å². The topological polar surface area (TPSA) is 41.6 Å². The zero-order valence-corrected chi connectivity index (χ0v) is 13.2. The molecule has 0 aromatic heterocycles. The Hall–Kier alpha value is -2.20. The molecule has 4 nitrogen and oxygen atoms in total. The van der Waals surface area contributed by atoms with Gasteiger partial charge in [0, 0.05) is 0 Å². The summed E-state index contributed by atoms with van der Waals surface area (Å²) in [5.41, 5.74) is 2.46. The molecule has 1 heterocycles. The number of nitrogens with one attached hydrogen (secondary N) is 1. The van der Waals surface area contributed by atoms with Crippen LogP contribution >= 0.6 is 11.6 Å². The SMILES string of the molecule is Cc1ccc2c(c1)N(C(=O)Nc1ccccc1Cl)C[C@@H](C)O2. The molecule has 1 atom stereocenters. The largest absolute Gasteiger partial charge is 0.487 e. The lowest BCUT2D eigenvalue weighted by molar-refractivity contribution is 0.208. The molecule has 3 rings (SSSR count). The second-order valence-corrected chi connectivity index (χ2v) is 5.83. The van der Waals surface area contributed by atoms with Gasteiger partial charge < -0.3 is 10.1 Å². The smallest absolute Gasteiger partial charge is 0.326 e. The molecule has 0 radical (unpaired) electrons. The number of rotatable bonds is 1. The predicted octanol–water partition coefficient (Wildman–Crippen LogP) is 4.47. The zero-order chi connectivity index (χ0) is 15.7. The minimum Gasteiger partial charge on any atom is -0.487 e. The van der Waals surface area contributed by atoms with Gasteiger partial charge in [-0.3, -0.25) is 4.90 Å². The number of halogens is 1. The number of anilines is 2. The molecule has 0 bridgehead atoms. The van der Waals surface area contributed by atoms with E-state index in [0.717, 1.165) is 17.0 Å². The van der Waals surface area contributed by atoms with Crippen molar-refractivity contribution in [2.45, 2.75) is 20.0 Å². The number of ether oxygens (including phenoxy) is 1. The lowest BCUT2D eigenvalue weighted by atomic mass is 10.1. The van der Waals surface area contributed by atoms with Crippen LogP contribution in [0.4, 0.5) is 16.2 Å².